The Labute approximate surface area is 88.6 Å². The van der Waals surface area contributed by atoms with Crippen LogP contribution in [0.15, 0.2) is 17.0 Å². The molecule has 0 aliphatic heterocycles. The second-order valence-electron chi connectivity index (χ2n) is 3.21. The average Bonchev–Trinajstić information content (AvgIpc) is 2.10. The maximum atomic E-state index is 10.3. The molecular weight excluding hydrogens is 198 g/mol. The minimum atomic E-state index is -0.866. The molecular formula is C10H13NO2S. The molecule has 1 aromatic rings. The number of hydrogen-bond donors (Lipinski definition) is 3. The highest BCUT2D eigenvalue weighted by Gasteiger charge is 2.02. The van der Waals surface area contributed by atoms with Gasteiger partial charge in [0.1, 0.15) is 6.54 Å². The van der Waals surface area contributed by atoms with E-state index in [0.29, 0.717) is 0 Å². The van der Waals surface area contributed by atoms with Crippen molar-refractivity contribution in [1.82, 2.24) is 0 Å². The third-order valence-corrected chi connectivity index (χ3v) is 2.64. The van der Waals surface area contributed by atoms with E-state index >= 15 is 0 Å². The van der Waals surface area contributed by atoms with E-state index in [1.165, 1.54) is 0 Å². The van der Waals surface area contributed by atoms with Crippen LogP contribution in [-0.4, -0.2) is 17.6 Å². The lowest BCUT2D eigenvalue weighted by molar-refractivity contribution is -0.134. The molecule has 0 aliphatic rings. The van der Waals surface area contributed by atoms with Gasteiger partial charge in [0.15, 0.2) is 0 Å². The van der Waals surface area contributed by atoms with Crippen LogP contribution in [0.5, 0.6) is 0 Å². The number of benzene rings is 1. The summed E-state index contributed by atoms with van der Waals surface area (Å²) >= 11 is 4.32. The average molecular weight is 211 g/mol. The van der Waals surface area contributed by atoms with Gasteiger partial charge in [0.05, 0.1) is 0 Å². The zero-order valence-corrected chi connectivity index (χ0v) is 9.06. The van der Waals surface area contributed by atoms with E-state index in [9.17, 15) is 4.79 Å². The molecule has 3 nitrogen and oxygen atoms in total. The summed E-state index contributed by atoms with van der Waals surface area (Å²) in [6.07, 6.45) is 0. The zero-order chi connectivity index (χ0) is 10.7. The van der Waals surface area contributed by atoms with Crippen LogP contribution in [-0.2, 0) is 4.79 Å². The predicted octanol–water partition coefficient (Wildman–Crippen LogP) is 2.09. The first-order valence-corrected chi connectivity index (χ1v) is 4.71. The Bertz CT molecular complexity index is 340. The number of aryl methyl sites for hydroxylation is 2. The number of rotatable bonds is 3. The SMILES string of the molecule is Cc1cc(NCC(=O)O)cc(C)c1S. The van der Waals surface area contributed by atoms with Crippen molar-refractivity contribution >= 4 is 24.3 Å². The molecule has 0 atom stereocenters. The molecule has 0 saturated heterocycles. The van der Waals surface area contributed by atoms with Gasteiger partial charge < -0.3 is 10.4 Å². The van der Waals surface area contributed by atoms with Crippen molar-refractivity contribution in [2.45, 2.75) is 18.7 Å². The highest BCUT2D eigenvalue weighted by Crippen LogP contribution is 2.22. The van der Waals surface area contributed by atoms with Gasteiger partial charge in [-0.3, -0.25) is 4.79 Å². The number of anilines is 1. The van der Waals surface area contributed by atoms with Crippen LogP contribution in [0.1, 0.15) is 11.1 Å². The van der Waals surface area contributed by atoms with Gasteiger partial charge in [0.25, 0.3) is 0 Å². The number of aliphatic carboxylic acids is 1. The highest BCUT2D eigenvalue weighted by molar-refractivity contribution is 7.80. The summed E-state index contributed by atoms with van der Waals surface area (Å²) in [6, 6.07) is 3.77. The second-order valence-corrected chi connectivity index (χ2v) is 3.65. The standard InChI is InChI=1S/C10H13NO2S/c1-6-3-8(11-5-9(12)13)4-7(2)10(6)14/h3-4,11,14H,5H2,1-2H3,(H,12,13). The van der Waals surface area contributed by atoms with Gasteiger partial charge >= 0.3 is 5.97 Å². The van der Waals surface area contributed by atoms with Crippen LogP contribution in [0.25, 0.3) is 0 Å². The second kappa shape index (κ2) is 4.37. The van der Waals surface area contributed by atoms with Gasteiger partial charge in [0, 0.05) is 10.6 Å². The highest BCUT2D eigenvalue weighted by atomic mass is 32.1. The van der Waals surface area contributed by atoms with Gasteiger partial charge in [-0.1, -0.05) is 0 Å². The molecule has 14 heavy (non-hydrogen) atoms. The Kier molecular flexibility index (Phi) is 3.41. The summed E-state index contributed by atoms with van der Waals surface area (Å²) in [4.78, 5) is 11.3. The fraction of sp³-hybridized carbons (Fsp3) is 0.300. The lowest BCUT2D eigenvalue weighted by atomic mass is 10.1. The monoisotopic (exact) mass is 211 g/mol. The lowest BCUT2D eigenvalue weighted by Crippen LogP contribution is -2.12. The molecule has 0 unspecified atom stereocenters. The van der Waals surface area contributed by atoms with Crippen molar-refractivity contribution in [3.05, 3.63) is 23.3 Å². The summed E-state index contributed by atoms with van der Waals surface area (Å²) in [5.74, 6) is -0.866. The number of carboxylic acid groups (broad SMARTS) is 1. The van der Waals surface area contributed by atoms with E-state index in [1.54, 1.807) is 0 Å². The van der Waals surface area contributed by atoms with E-state index < -0.39 is 5.97 Å². The van der Waals surface area contributed by atoms with Gasteiger partial charge in [-0.05, 0) is 37.1 Å². The van der Waals surface area contributed by atoms with Gasteiger partial charge in [-0.2, -0.15) is 0 Å². The van der Waals surface area contributed by atoms with Crippen molar-refractivity contribution in [1.29, 1.82) is 0 Å². The molecule has 0 heterocycles. The van der Waals surface area contributed by atoms with Crippen LogP contribution in [0, 0.1) is 13.8 Å². The van der Waals surface area contributed by atoms with Crippen LogP contribution in [0.3, 0.4) is 0 Å². The molecule has 0 fully saturated rings. The fourth-order valence-corrected chi connectivity index (χ4v) is 1.36. The number of nitrogens with one attached hydrogen (secondary N) is 1. The van der Waals surface area contributed by atoms with Gasteiger partial charge in [-0.25, -0.2) is 0 Å². The third-order valence-electron chi connectivity index (χ3n) is 1.93. The number of hydrogen-bond acceptors (Lipinski definition) is 3. The van der Waals surface area contributed by atoms with Crippen molar-refractivity contribution in [3.63, 3.8) is 0 Å². The topological polar surface area (TPSA) is 49.3 Å². The largest absolute Gasteiger partial charge is 0.480 e. The molecule has 1 aromatic carbocycles. The lowest BCUT2D eigenvalue weighted by Gasteiger charge is -2.09. The van der Waals surface area contributed by atoms with E-state index in [1.807, 2.05) is 26.0 Å². The molecule has 76 valence electrons. The molecule has 0 aliphatic carbocycles. The predicted molar refractivity (Wildman–Crippen MR) is 59.3 cm³/mol. The van der Waals surface area contributed by atoms with E-state index in [0.717, 1.165) is 21.7 Å². The van der Waals surface area contributed by atoms with Crippen molar-refractivity contribution in [2.24, 2.45) is 0 Å². The van der Waals surface area contributed by atoms with Crippen LogP contribution < -0.4 is 5.32 Å². The maximum Gasteiger partial charge on any atom is 0.322 e. The Balaban J connectivity index is 2.84. The summed E-state index contributed by atoms with van der Waals surface area (Å²) in [5, 5.41) is 11.3. The Morgan fingerprint density at radius 1 is 1.43 bits per heavy atom. The first kappa shape index (κ1) is 10.9. The van der Waals surface area contributed by atoms with E-state index in [4.69, 9.17) is 5.11 Å². The van der Waals surface area contributed by atoms with Crippen LogP contribution >= 0.6 is 12.6 Å². The first-order valence-electron chi connectivity index (χ1n) is 4.26. The smallest absolute Gasteiger partial charge is 0.322 e. The van der Waals surface area contributed by atoms with Crippen molar-refractivity contribution < 1.29 is 9.90 Å². The Morgan fingerprint density at radius 3 is 2.36 bits per heavy atom. The van der Waals surface area contributed by atoms with Gasteiger partial charge in [0.2, 0.25) is 0 Å². The quantitative estimate of drug-likeness (QED) is 0.671. The molecule has 0 amide bonds. The number of carboxylic acids is 1. The summed E-state index contributed by atoms with van der Waals surface area (Å²) < 4.78 is 0. The van der Waals surface area contributed by atoms with E-state index in [2.05, 4.69) is 17.9 Å². The minimum absolute atomic E-state index is 0.0647. The maximum absolute atomic E-state index is 10.3. The summed E-state index contributed by atoms with van der Waals surface area (Å²) in [7, 11) is 0. The number of carbonyl (C=O) groups is 1. The molecule has 1 rings (SSSR count). The molecule has 0 saturated carbocycles. The number of thiol groups is 1. The molecule has 0 radical (unpaired) electrons. The normalized spacial score (nSPS) is 9.93. The first-order chi connectivity index (χ1) is 6.50. The van der Waals surface area contributed by atoms with E-state index in [-0.39, 0.29) is 6.54 Å². The Morgan fingerprint density at radius 2 is 1.93 bits per heavy atom. The van der Waals surface area contributed by atoms with Crippen LogP contribution in [0.2, 0.25) is 0 Å². The van der Waals surface area contributed by atoms with Crippen molar-refractivity contribution in [3.8, 4) is 0 Å². The minimum Gasteiger partial charge on any atom is -0.480 e. The summed E-state index contributed by atoms with van der Waals surface area (Å²) in [6.45, 7) is 3.83. The van der Waals surface area contributed by atoms with Crippen LogP contribution in [0.4, 0.5) is 5.69 Å². The molecule has 0 aromatic heterocycles. The molecule has 4 heteroatoms. The van der Waals surface area contributed by atoms with Gasteiger partial charge in [-0.15, -0.1) is 12.6 Å². The fourth-order valence-electron chi connectivity index (χ4n) is 1.24. The Hall–Kier alpha value is -1.16. The zero-order valence-electron chi connectivity index (χ0n) is 8.16. The third kappa shape index (κ3) is 2.67. The molecule has 2 N–H and O–H groups in total. The molecule has 0 bridgehead atoms. The summed E-state index contributed by atoms with van der Waals surface area (Å²) in [5.41, 5.74) is 2.91. The molecule has 0 spiro atoms. The van der Waals surface area contributed by atoms with Crippen molar-refractivity contribution in [2.75, 3.05) is 11.9 Å².